The number of anilines is 1. The van der Waals surface area contributed by atoms with Crippen molar-refractivity contribution in [3.63, 3.8) is 0 Å². The summed E-state index contributed by atoms with van der Waals surface area (Å²) in [5.74, 6) is 1.54. The molecule has 1 amide bonds. The summed E-state index contributed by atoms with van der Waals surface area (Å²) >= 11 is 0. The van der Waals surface area contributed by atoms with Gasteiger partial charge in [-0.05, 0) is 29.8 Å². The third-order valence-electron chi connectivity index (χ3n) is 3.95. The molecule has 0 saturated heterocycles. The van der Waals surface area contributed by atoms with Crippen molar-refractivity contribution in [1.82, 2.24) is 4.98 Å². The normalized spacial score (nSPS) is 10.2. The average molecular weight is 348 g/mol. The van der Waals surface area contributed by atoms with Gasteiger partial charge in [0.2, 0.25) is 0 Å². The molecule has 2 aromatic carbocycles. The Labute approximate surface area is 152 Å². The summed E-state index contributed by atoms with van der Waals surface area (Å²) in [6, 6.07) is 20.4. The van der Waals surface area contributed by atoms with Gasteiger partial charge in [-0.3, -0.25) is 9.69 Å². The molecule has 0 spiro atoms. The van der Waals surface area contributed by atoms with Gasteiger partial charge in [0, 0.05) is 17.8 Å². The van der Waals surface area contributed by atoms with Crippen LogP contribution < -0.4 is 14.4 Å². The number of pyridine rings is 1. The highest BCUT2D eigenvalue weighted by molar-refractivity contribution is 6.06. The Morgan fingerprint density at radius 2 is 1.58 bits per heavy atom. The topological polar surface area (TPSA) is 51.7 Å². The zero-order valence-corrected chi connectivity index (χ0v) is 14.8. The van der Waals surface area contributed by atoms with Crippen LogP contribution >= 0.6 is 0 Å². The van der Waals surface area contributed by atoms with Gasteiger partial charge in [-0.15, -0.1) is 0 Å². The van der Waals surface area contributed by atoms with Crippen LogP contribution in [0.3, 0.4) is 0 Å². The van der Waals surface area contributed by atoms with E-state index in [2.05, 4.69) is 4.98 Å². The number of aromatic nitrogens is 1. The van der Waals surface area contributed by atoms with E-state index in [4.69, 9.17) is 9.47 Å². The summed E-state index contributed by atoms with van der Waals surface area (Å²) in [6.45, 7) is 0.413. The van der Waals surface area contributed by atoms with Crippen molar-refractivity contribution in [1.29, 1.82) is 0 Å². The smallest absolute Gasteiger partial charge is 0.260 e. The molecule has 1 aromatic heterocycles. The van der Waals surface area contributed by atoms with E-state index in [0.29, 0.717) is 29.4 Å². The lowest BCUT2D eigenvalue weighted by Crippen LogP contribution is -2.31. The number of hydrogen-bond acceptors (Lipinski definition) is 4. The fraction of sp³-hybridized carbons (Fsp3) is 0.143. The Kier molecular flexibility index (Phi) is 5.49. The average Bonchev–Trinajstić information content (AvgIpc) is 2.72. The lowest BCUT2D eigenvalue weighted by Gasteiger charge is -2.22. The molecular formula is C21H20N2O3. The maximum Gasteiger partial charge on any atom is 0.260 e. The summed E-state index contributed by atoms with van der Waals surface area (Å²) in [4.78, 5) is 19.3. The van der Waals surface area contributed by atoms with Gasteiger partial charge in [0.1, 0.15) is 17.3 Å². The molecule has 5 nitrogen and oxygen atoms in total. The van der Waals surface area contributed by atoms with Gasteiger partial charge in [0.25, 0.3) is 5.91 Å². The quantitative estimate of drug-likeness (QED) is 0.677. The van der Waals surface area contributed by atoms with Gasteiger partial charge in [-0.2, -0.15) is 0 Å². The molecule has 5 heteroatoms. The predicted octanol–water partition coefficient (Wildman–Crippen LogP) is 3.95. The van der Waals surface area contributed by atoms with Crippen molar-refractivity contribution < 1.29 is 14.3 Å². The van der Waals surface area contributed by atoms with Crippen LogP contribution in [-0.2, 0) is 6.54 Å². The minimum Gasteiger partial charge on any atom is -0.497 e. The van der Waals surface area contributed by atoms with E-state index in [1.54, 1.807) is 43.5 Å². The number of benzene rings is 2. The summed E-state index contributed by atoms with van der Waals surface area (Å²) in [7, 11) is 3.12. The molecule has 0 unspecified atom stereocenters. The predicted molar refractivity (Wildman–Crippen MR) is 101 cm³/mol. The Morgan fingerprint density at radius 3 is 2.15 bits per heavy atom. The number of methoxy groups -OCH3 is 2. The first-order valence-electron chi connectivity index (χ1n) is 8.21. The Hall–Kier alpha value is -3.34. The highest BCUT2D eigenvalue weighted by Gasteiger charge is 2.20. The van der Waals surface area contributed by atoms with Crippen LogP contribution in [-0.4, -0.2) is 25.1 Å². The third-order valence-corrected chi connectivity index (χ3v) is 3.95. The highest BCUT2D eigenvalue weighted by Crippen LogP contribution is 2.25. The van der Waals surface area contributed by atoms with E-state index in [-0.39, 0.29) is 5.91 Å². The number of carbonyl (C=O) groups excluding carboxylic acids is 1. The molecule has 0 fully saturated rings. The van der Waals surface area contributed by atoms with Gasteiger partial charge in [0.15, 0.2) is 0 Å². The summed E-state index contributed by atoms with van der Waals surface area (Å²) in [6.07, 6.45) is 1.67. The fourth-order valence-corrected chi connectivity index (χ4v) is 2.62. The Morgan fingerprint density at radius 1 is 0.923 bits per heavy atom. The zero-order valence-electron chi connectivity index (χ0n) is 14.8. The second-order valence-corrected chi connectivity index (χ2v) is 5.67. The Bertz CT molecular complexity index is 845. The molecule has 26 heavy (non-hydrogen) atoms. The molecule has 0 aliphatic rings. The first-order valence-corrected chi connectivity index (χ1v) is 8.21. The van der Waals surface area contributed by atoms with Crippen molar-refractivity contribution in [3.8, 4) is 11.5 Å². The van der Waals surface area contributed by atoms with E-state index in [0.717, 1.165) is 5.56 Å². The lowest BCUT2D eigenvalue weighted by atomic mass is 10.1. The molecule has 3 aromatic rings. The van der Waals surface area contributed by atoms with Gasteiger partial charge in [-0.25, -0.2) is 4.98 Å². The monoisotopic (exact) mass is 348 g/mol. The van der Waals surface area contributed by atoms with Crippen molar-refractivity contribution in [3.05, 3.63) is 84.1 Å². The molecule has 0 radical (unpaired) electrons. The van der Waals surface area contributed by atoms with Crippen molar-refractivity contribution in [2.45, 2.75) is 6.54 Å². The molecule has 3 rings (SSSR count). The van der Waals surface area contributed by atoms with Crippen LogP contribution in [0, 0.1) is 0 Å². The first-order chi connectivity index (χ1) is 12.7. The van der Waals surface area contributed by atoms with Gasteiger partial charge in [-0.1, -0.05) is 36.4 Å². The highest BCUT2D eigenvalue weighted by atomic mass is 16.5. The first kappa shape index (κ1) is 17.5. The molecule has 0 aliphatic heterocycles. The number of carbonyl (C=O) groups is 1. The zero-order chi connectivity index (χ0) is 18.4. The number of amides is 1. The summed E-state index contributed by atoms with van der Waals surface area (Å²) in [5.41, 5.74) is 1.49. The SMILES string of the molecule is COc1cc(OC)cc(C(=O)N(Cc2ccccc2)c2ccccn2)c1. The molecule has 0 saturated carbocycles. The standard InChI is InChI=1S/C21H20N2O3/c1-25-18-12-17(13-19(14-18)26-2)21(24)23(20-10-6-7-11-22-20)15-16-8-4-3-5-9-16/h3-14H,15H2,1-2H3. The molecule has 132 valence electrons. The molecule has 0 aliphatic carbocycles. The number of rotatable bonds is 6. The van der Waals surface area contributed by atoms with Crippen molar-refractivity contribution in [2.24, 2.45) is 0 Å². The van der Waals surface area contributed by atoms with E-state index in [1.165, 1.54) is 0 Å². The van der Waals surface area contributed by atoms with Crippen LogP contribution in [0.25, 0.3) is 0 Å². The van der Waals surface area contributed by atoms with Crippen LogP contribution in [0.5, 0.6) is 11.5 Å². The van der Waals surface area contributed by atoms with Crippen LogP contribution in [0.2, 0.25) is 0 Å². The maximum atomic E-state index is 13.3. The third kappa shape index (κ3) is 4.00. The van der Waals surface area contributed by atoms with E-state index < -0.39 is 0 Å². The number of nitrogens with zero attached hydrogens (tertiary/aromatic N) is 2. The minimum atomic E-state index is -0.176. The van der Waals surface area contributed by atoms with E-state index in [9.17, 15) is 4.79 Å². The van der Waals surface area contributed by atoms with E-state index in [1.807, 2.05) is 48.5 Å². The number of ether oxygens (including phenoxy) is 2. The summed E-state index contributed by atoms with van der Waals surface area (Å²) < 4.78 is 10.6. The second-order valence-electron chi connectivity index (χ2n) is 5.67. The van der Waals surface area contributed by atoms with Crippen molar-refractivity contribution >= 4 is 11.7 Å². The van der Waals surface area contributed by atoms with Gasteiger partial charge in [0.05, 0.1) is 20.8 Å². The van der Waals surface area contributed by atoms with E-state index >= 15 is 0 Å². The Balaban J connectivity index is 2.00. The molecular weight excluding hydrogens is 328 g/mol. The van der Waals surface area contributed by atoms with Crippen molar-refractivity contribution in [2.75, 3.05) is 19.1 Å². The lowest BCUT2D eigenvalue weighted by molar-refractivity contribution is 0.0983. The number of hydrogen-bond donors (Lipinski definition) is 0. The molecule has 0 bridgehead atoms. The van der Waals surface area contributed by atoms with Crippen LogP contribution in [0.15, 0.2) is 72.9 Å². The molecule has 0 N–H and O–H groups in total. The van der Waals surface area contributed by atoms with Gasteiger partial charge < -0.3 is 9.47 Å². The largest absolute Gasteiger partial charge is 0.497 e. The molecule has 0 atom stereocenters. The molecule has 1 heterocycles. The summed E-state index contributed by atoms with van der Waals surface area (Å²) in [5, 5.41) is 0. The second kappa shape index (κ2) is 8.16. The maximum absolute atomic E-state index is 13.3. The van der Waals surface area contributed by atoms with Crippen LogP contribution in [0.1, 0.15) is 15.9 Å². The fourth-order valence-electron chi connectivity index (χ4n) is 2.62. The van der Waals surface area contributed by atoms with Crippen LogP contribution in [0.4, 0.5) is 5.82 Å². The minimum absolute atomic E-state index is 0.176. The van der Waals surface area contributed by atoms with Gasteiger partial charge >= 0.3 is 0 Å².